The van der Waals surface area contributed by atoms with Crippen molar-refractivity contribution in [1.82, 2.24) is 15.3 Å². The van der Waals surface area contributed by atoms with Crippen LogP contribution in [0.25, 0.3) is 0 Å². The van der Waals surface area contributed by atoms with Gasteiger partial charge in [-0.3, -0.25) is 0 Å². The lowest BCUT2D eigenvalue weighted by Crippen LogP contribution is -2.25. The first-order valence-electron chi connectivity index (χ1n) is 6.00. The summed E-state index contributed by atoms with van der Waals surface area (Å²) in [6, 6.07) is 10.4. The Morgan fingerprint density at radius 2 is 2.06 bits per heavy atom. The van der Waals surface area contributed by atoms with Crippen LogP contribution in [0.2, 0.25) is 0 Å². The predicted octanol–water partition coefficient (Wildman–Crippen LogP) is 1.71. The molecule has 1 N–H and O–H groups in total. The standard InChI is InChI=1S/C14H15N3/c1-2-4-11(5-3-1)8-14-16-9-12-6-7-15-10-13(12)17-14/h1-5,9,15H,6-8,10H2. The molecule has 3 heteroatoms. The van der Waals surface area contributed by atoms with Crippen molar-refractivity contribution in [3.05, 3.63) is 59.2 Å². The Bertz CT molecular complexity index is 508. The number of hydrogen-bond donors (Lipinski definition) is 1. The molecule has 1 aliphatic heterocycles. The fourth-order valence-electron chi connectivity index (χ4n) is 2.14. The number of rotatable bonds is 2. The lowest BCUT2D eigenvalue weighted by atomic mass is 10.1. The van der Waals surface area contributed by atoms with Gasteiger partial charge in [-0.2, -0.15) is 0 Å². The summed E-state index contributed by atoms with van der Waals surface area (Å²) in [6.07, 6.45) is 3.84. The third-order valence-electron chi connectivity index (χ3n) is 3.07. The molecule has 0 bridgehead atoms. The molecule has 0 aliphatic carbocycles. The van der Waals surface area contributed by atoms with E-state index in [4.69, 9.17) is 0 Å². The molecule has 0 saturated heterocycles. The molecule has 2 heterocycles. The zero-order valence-corrected chi connectivity index (χ0v) is 9.69. The number of nitrogens with zero attached hydrogens (tertiary/aromatic N) is 2. The molecule has 3 nitrogen and oxygen atoms in total. The van der Waals surface area contributed by atoms with E-state index in [9.17, 15) is 0 Å². The maximum absolute atomic E-state index is 4.63. The molecule has 1 aromatic heterocycles. The Balaban J connectivity index is 1.84. The Hall–Kier alpha value is -1.74. The topological polar surface area (TPSA) is 37.8 Å². The second-order valence-corrected chi connectivity index (χ2v) is 4.35. The average Bonchev–Trinajstić information content (AvgIpc) is 2.40. The maximum atomic E-state index is 4.63. The number of aromatic nitrogens is 2. The molecule has 2 aromatic rings. The SMILES string of the molecule is c1ccc(Cc2ncc3c(n2)CNCC3)cc1. The van der Waals surface area contributed by atoms with Gasteiger partial charge in [0.1, 0.15) is 5.82 Å². The maximum Gasteiger partial charge on any atom is 0.132 e. The van der Waals surface area contributed by atoms with Crippen LogP contribution >= 0.6 is 0 Å². The van der Waals surface area contributed by atoms with Gasteiger partial charge in [0, 0.05) is 19.2 Å². The van der Waals surface area contributed by atoms with Crippen LogP contribution in [0.1, 0.15) is 22.6 Å². The van der Waals surface area contributed by atoms with Gasteiger partial charge in [0.2, 0.25) is 0 Å². The van der Waals surface area contributed by atoms with E-state index in [1.54, 1.807) is 0 Å². The number of nitrogens with one attached hydrogen (secondary N) is 1. The molecule has 0 saturated carbocycles. The second kappa shape index (κ2) is 4.63. The Morgan fingerprint density at radius 1 is 1.18 bits per heavy atom. The number of benzene rings is 1. The van der Waals surface area contributed by atoms with Crippen LogP contribution in [-0.2, 0) is 19.4 Å². The number of fused-ring (bicyclic) bond motifs is 1. The molecular formula is C14H15N3. The summed E-state index contributed by atoms with van der Waals surface area (Å²) in [7, 11) is 0. The van der Waals surface area contributed by atoms with Crippen LogP contribution in [-0.4, -0.2) is 16.5 Å². The van der Waals surface area contributed by atoms with E-state index in [0.717, 1.165) is 37.4 Å². The quantitative estimate of drug-likeness (QED) is 0.845. The van der Waals surface area contributed by atoms with Crippen molar-refractivity contribution >= 4 is 0 Å². The summed E-state index contributed by atoms with van der Waals surface area (Å²) >= 11 is 0. The molecule has 17 heavy (non-hydrogen) atoms. The van der Waals surface area contributed by atoms with Crippen LogP contribution in [0.15, 0.2) is 36.5 Å². The summed E-state index contributed by atoms with van der Waals surface area (Å²) in [5, 5.41) is 3.34. The smallest absolute Gasteiger partial charge is 0.132 e. The van der Waals surface area contributed by atoms with Crippen molar-refractivity contribution in [2.75, 3.05) is 6.54 Å². The van der Waals surface area contributed by atoms with Crippen LogP contribution in [0.5, 0.6) is 0 Å². The van der Waals surface area contributed by atoms with Gasteiger partial charge in [0.25, 0.3) is 0 Å². The largest absolute Gasteiger partial charge is 0.311 e. The van der Waals surface area contributed by atoms with Gasteiger partial charge in [-0.15, -0.1) is 0 Å². The normalized spacial score (nSPS) is 14.4. The Kier molecular flexibility index (Phi) is 2.84. The first-order chi connectivity index (χ1) is 8.42. The predicted molar refractivity (Wildman–Crippen MR) is 66.7 cm³/mol. The summed E-state index contributed by atoms with van der Waals surface area (Å²) < 4.78 is 0. The highest BCUT2D eigenvalue weighted by atomic mass is 14.9. The monoisotopic (exact) mass is 225 g/mol. The van der Waals surface area contributed by atoms with Gasteiger partial charge in [0.15, 0.2) is 0 Å². The molecule has 0 fully saturated rings. The van der Waals surface area contributed by atoms with E-state index >= 15 is 0 Å². The molecule has 0 spiro atoms. The summed E-state index contributed by atoms with van der Waals surface area (Å²) in [6.45, 7) is 1.91. The highest BCUT2D eigenvalue weighted by molar-refractivity contribution is 5.23. The molecule has 0 amide bonds. The van der Waals surface area contributed by atoms with Gasteiger partial charge in [0.05, 0.1) is 5.69 Å². The third kappa shape index (κ3) is 2.34. The summed E-state index contributed by atoms with van der Waals surface area (Å²) in [5.74, 6) is 0.915. The minimum absolute atomic E-state index is 0.814. The van der Waals surface area contributed by atoms with Crippen LogP contribution < -0.4 is 5.32 Å². The fourth-order valence-corrected chi connectivity index (χ4v) is 2.14. The van der Waals surface area contributed by atoms with Crippen molar-refractivity contribution < 1.29 is 0 Å². The molecular weight excluding hydrogens is 210 g/mol. The lowest BCUT2D eigenvalue weighted by molar-refractivity contribution is 0.618. The average molecular weight is 225 g/mol. The fraction of sp³-hybridized carbons (Fsp3) is 0.286. The van der Waals surface area contributed by atoms with E-state index in [1.807, 2.05) is 12.3 Å². The molecule has 0 atom stereocenters. The van der Waals surface area contributed by atoms with E-state index in [1.165, 1.54) is 11.1 Å². The van der Waals surface area contributed by atoms with E-state index in [2.05, 4.69) is 39.6 Å². The van der Waals surface area contributed by atoms with Crippen LogP contribution in [0.4, 0.5) is 0 Å². The van der Waals surface area contributed by atoms with Gasteiger partial charge in [-0.1, -0.05) is 30.3 Å². The number of hydrogen-bond acceptors (Lipinski definition) is 3. The molecule has 86 valence electrons. The second-order valence-electron chi connectivity index (χ2n) is 4.35. The van der Waals surface area contributed by atoms with Crippen molar-refractivity contribution in [1.29, 1.82) is 0 Å². The molecule has 1 aliphatic rings. The Labute approximate surface area is 101 Å². The first kappa shape index (κ1) is 10.4. The molecule has 0 radical (unpaired) electrons. The lowest BCUT2D eigenvalue weighted by Gasteiger charge is -2.16. The summed E-state index contributed by atoms with van der Waals surface area (Å²) in [4.78, 5) is 9.08. The Morgan fingerprint density at radius 3 is 2.94 bits per heavy atom. The van der Waals surface area contributed by atoms with Crippen molar-refractivity contribution in [2.45, 2.75) is 19.4 Å². The third-order valence-corrected chi connectivity index (χ3v) is 3.07. The minimum atomic E-state index is 0.814. The van der Waals surface area contributed by atoms with Crippen molar-refractivity contribution in [3.63, 3.8) is 0 Å². The molecule has 1 aromatic carbocycles. The van der Waals surface area contributed by atoms with Gasteiger partial charge in [-0.25, -0.2) is 9.97 Å². The van der Waals surface area contributed by atoms with Gasteiger partial charge >= 0.3 is 0 Å². The highest BCUT2D eigenvalue weighted by Crippen LogP contribution is 2.12. The minimum Gasteiger partial charge on any atom is -0.311 e. The molecule has 3 rings (SSSR count). The zero-order valence-electron chi connectivity index (χ0n) is 9.69. The highest BCUT2D eigenvalue weighted by Gasteiger charge is 2.11. The van der Waals surface area contributed by atoms with Gasteiger partial charge < -0.3 is 5.32 Å². The van der Waals surface area contributed by atoms with Gasteiger partial charge in [-0.05, 0) is 24.1 Å². The van der Waals surface area contributed by atoms with E-state index in [0.29, 0.717) is 0 Å². The molecule has 0 unspecified atom stereocenters. The summed E-state index contributed by atoms with van der Waals surface area (Å²) in [5.41, 5.74) is 3.72. The van der Waals surface area contributed by atoms with E-state index < -0.39 is 0 Å². The first-order valence-corrected chi connectivity index (χ1v) is 6.00. The van der Waals surface area contributed by atoms with Crippen molar-refractivity contribution in [2.24, 2.45) is 0 Å². The van der Waals surface area contributed by atoms with E-state index in [-0.39, 0.29) is 0 Å². The van der Waals surface area contributed by atoms with Crippen LogP contribution in [0.3, 0.4) is 0 Å². The van der Waals surface area contributed by atoms with Crippen LogP contribution in [0, 0.1) is 0 Å². The zero-order chi connectivity index (χ0) is 11.5. The van der Waals surface area contributed by atoms with Crippen molar-refractivity contribution in [3.8, 4) is 0 Å².